The number of hydrogen-bond donors (Lipinski definition) is 1. The molecule has 2 saturated carbocycles. The molecule has 3 atom stereocenters. The van der Waals surface area contributed by atoms with Crippen molar-refractivity contribution in [2.24, 2.45) is 16.7 Å². The molecule has 0 spiro atoms. The van der Waals surface area contributed by atoms with Gasteiger partial charge < -0.3 is 10.1 Å². The molecule has 1 aromatic rings. The Morgan fingerprint density at radius 1 is 1.43 bits per heavy atom. The van der Waals surface area contributed by atoms with Crippen molar-refractivity contribution in [3.05, 3.63) is 27.7 Å². The molecule has 2 fully saturated rings. The molecule has 1 aromatic carbocycles. The van der Waals surface area contributed by atoms with Crippen molar-refractivity contribution in [1.29, 1.82) is 0 Å². The molecule has 0 aliphatic heterocycles. The van der Waals surface area contributed by atoms with E-state index in [1.165, 1.54) is 12.8 Å². The molecule has 2 aliphatic carbocycles. The standard InChI is InChI=1S/C18H23BrClNO2/c1-17(2)11-6-7-18(17,3)15(8-11)21-16(22)10-23-14-5-4-12(19)9-13(14)20/h4-5,9,11,15H,6-8,10H2,1-3H3,(H,21,22)/t11-,15-,18+/m0/s1. The first-order valence-electron chi connectivity index (χ1n) is 8.11. The predicted molar refractivity (Wildman–Crippen MR) is 95.8 cm³/mol. The van der Waals surface area contributed by atoms with Crippen LogP contribution in [0, 0.1) is 16.7 Å². The third kappa shape index (κ3) is 2.89. The zero-order chi connectivity index (χ0) is 16.8. The van der Waals surface area contributed by atoms with Gasteiger partial charge >= 0.3 is 0 Å². The molecule has 0 aromatic heterocycles. The molecule has 2 aliphatic rings. The Morgan fingerprint density at radius 3 is 2.74 bits per heavy atom. The van der Waals surface area contributed by atoms with Crippen LogP contribution in [-0.2, 0) is 4.79 Å². The first-order chi connectivity index (χ1) is 10.7. The second-order valence-corrected chi connectivity index (χ2v) is 8.92. The molecule has 0 unspecified atom stereocenters. The van der Waals surface area contributed by atoms with Gasteiger partial charge in [-0.15, -0.1) is 0 Å². The van der Waals surface area contributed by atoms with E-state index in [-0.39, 0.29) is 24.0 Å². The van der Waals surface area contributed by atoms with Crippen molar-refractivity contribution >= 4 is 33.4 Å². The van der Waals surface area contributed by atoms with Gasteiger partial charge in [0.25, 0.3) is 5.91 Å². The summed E-state index contributed by atoms with van der Waals surface area (Å²) in [6, 6.07) is 5.61. The van der Waals surface area contributed by atoms with E-state index in [1.54, 1.807) is 12.1 Å². The number of fused-ring (bicyclic) bond motifs is 2. The van der Waals surface area contributed by atoms with Crippen LogP contribution in [0.5, 0.6) is 5.75 Å². The van der Waals surface area contributed by atoms with Crippen molar-refractivity contribution in [2.75, 3.05) is 6.61 Å². The van der Waals surface area contributed by atoms with Crippen LogP contribution in [0.3, 0.4) is 0 Å². The van der Waals surface area contributed by atoms with Gasteiger partial charge in [-0.3, -0.25) is 4.79 Å². The van der Waals surface area contributed by atoms with Crippen LogP contribution >= 0.6 is 27.5 Å². The Balaban J connectivity index is 1.58. The topological polar surface area (TPSA) is 38.3 Å². The van der Waals surface area contributed by atoms with Crippen molar-refractivity contribution in [3.63, 3.8) is 0 Å². The van der Waals surface area contributed by atoms with E-state index in [1.807, 2.05) is 6.07 Å². The number of rotatable bonds is 4. The van der Waals surface area contributed by atoms with Gasteiger partial charge in [0.15, 0.2) is 6.61 Å². The van der Waals surface area contributed by atoms with Crippen LogP contribution in [0.2, 0.25) is 5.02 Å². The molecule has 1 N–H and O–H groups in total. The molecular formula is C18H23BrClNO2. The predicted octanol–water partition coefficient (Wildman–Crippen LogP) is 4.81. The van der Waals surface area contributed by atoms with E-state index in [9.17, 15) is 4.79 Å². The SMILES string of the molecule is CC1(C)[C@H]2CC[C@]1(C)[C@@H](NC(=O)COc1ccc(Br)cc1Cl)C2. The molecule has 126 valence electrons. The van der Waals surface area contributed by atoms with E-state index in [4.69, 9.17) is 16.3 Å². The van der Waals surface area contributed by atoms with Gasteiger partial charge in [-0.25, -0.2) is 0 Å². The first kappa shape index (κ1) is 17.1. The molecule has 0 saturated heterocycles. The van der Waals surface area contributed by atoms with Gasteiger partial charge in [-0.2, -0.15) is 0 Å². The lowest BCUT2D eigenvalue weighted by Gasteiger charge is -2.39. The molecule has 23 heavy (non-hydrogen) atoms. The number of ether oxygens (including phenoxy) is 1. The lowest BCUT2D eigenvalue weighted by atomic mass is 9.69. The molecule has 5 heteroatoms. The van der Waals surface area contributed by atoms with E-state index < -0.39 is 0 Å². The molecule has 0 radical (unpaired) electrons. The van der Waals surface area contributed by atoms with Crippen LogP contribution in [0.15, 0.2) is 22.7 Å². The summed E-state index contributed by atoms with van der Waals surface area (Å²) < 4.78 is 6.45. The Labute approximate surface area is 151 Å². The highest BCUT2D eigenvalue weighted by Crippen LogP contribution is 2.65. The normalized spacial score (nSPS) is 31.2. The zero-order valence-corrected chi connectivity index (χ0v) is 16.1. The quantitative estimate of drug-likeness (QED) is 0.787. The van der Waals surface area contributed by atoms with E-state index in [0.717, 1.165) is 10.9 Å². The largest absolute Gasteiger partial charge is 0.482 e. The van der Waals surface area contributed by atoms with Crippen LogP contribution in [0.4, 0.5) is 0 Å². The van der Waals surface area contributed by atoms with E-state index >= 15 is 0 Å². The fraction of sp³-hybridized carbons (Fsp3) is 0.611. The number of halogens is 2. The fourth-order valence-electron chi connectivity index (χ4n) is 4.39. The van der Waals surface area contributed by atoms with Gasteiger partial charge in [0.1, 0.15) is 5.75 Å². The van der Waals surface area contributed by atoms with Crippen LogP contribution in [0.25, 0.3) is 0 Å². The summed E-state index contributed by atoms with van der Waals surface area (Å²) >= 11 is 9.46. The maximum absolute atomic E-state index is 12.3. The molecular weight excluding hydrogens is 378 g/mol. The minimum absolute atomic E-state index is 0.000965. The molecule has 3 rings (SSSR count). The molecule has 1 amide bonds. The summed E-state index contributed by atoms with van der Waals surface area (Å²) in [4.78, 5) is 12.3. The highest BCUT2D eigenvalue weighted by atomic mass is 79.9. The van der Waals surface area contributed by atoms with Crippen LogP contribution < -0.4 is 10.1 Å². The number of nitrogens with one attached hydrogen (secondary N) is 1. The highest BCUT2D eigenvalue weighted by molar-refractivity contribution is 9.10. The van der Waals surface area contributed by atoms with E-state index in [0.29, 0.717) is 22.1 Å². The second-order valence-electron chi connectivity index (χ2n) is 7.59. The van der Waals surface area contributed by atoms with Gasteiger partial charge in [0.05, 0.1) is 5.02 Å². The third-order valence-corrected chi connectivity index (χ3v) is 7.17. The Kier molecular flexibility index (Phi) is 4.43. The molecule has 0 heterocycles. The second kappa shape index (κ2) is 5.96. The smallest absolute Gasteiger partial charge is 0.258 e. The number of hydrogen-bond acceptors (Lipinski definition) is 2. The van der Waals surface area contributed by atoms with Crippen molar-refractivity contribution < 1.29 is 9.53 Å². The highest BCUT2D eigenvalue weighted by Gasteiger charge is 2.61. The Morgan fingerprint density at radius 2 is 2.17 bits per heavy atom. The number of carbonyl (C=O) groups is 1. The van der Waals surface area contributed by atoms with Crippen molar-refractivity contribution in [1.82, 2.24) is 5.32 Å². The summed E-state index contributed by atoms with van der Waals surface area (Å²) in [5.74, 6) is 1.17. The van der Waals surface area contributed by atoms with Crippen LogP contribution in [0.1, 0.15) is 40.0 Å². The van der Waals surface area contributed by atoms with Crippen LogP contribution in [-0.4, -0.2) is 18.6 Å². The Bertz CT molecular complexity index is 633. The van der Waals surface area contributed by atoms with E-state index in [2.05, 4.69) is 42.0 Å². The Hall–Kier alpha value is -0.740. The summed E-state index contributed by atoms with van der Waals surface area (Å²) in [5.41, 5.74) is 0.476. The lowest BCUT2D eigenvalue weighted by molar-refractivity contribution is -0.124. The van der Waals surface area contributed by atoms with Gasteiger partial charge in [0.2, 0.25) is 0 Å². The first-order valence-corrected chi connectivity index (χ1v) is 9.28. The van der Waals surface area contributed by atoms with Gasteiger partial charge in [-0.05, 0) is 54.2 Å². The number of benzene rings is 1. The lowest BCUT2D eigenvalue weighted by Crippen LogP contribution is -2.48. The summed E-state index contributed by atoms with van der Waals surface area (Å²) in [7, 11) is 0. The average Bonchev–Trinajstić information content (AvgIpc) is 2.79. The average molecular weight is 401 g/mol. The monoisotopic (exact) mass is 399 g/mol. The maximum atomic E-state index is 12.3. The number of carbonyl (C=O) groups excluding carboxylic acids is 1. The zero-order valence-electron chi connectivity index (χ0n) is 13.8. The fourth-order valence-corrected chi connectivity index (χ4v) is 5.12. The summed E-state index contributed by atoms with van der Waals surface area (Å²) in [6.07, 6.45) is 3.55. The minimum Gasteiger partial charge on any atom is -0.482 e. The van der Waals surface area contributed by atoms with Gasteiger partial charge in [0, 0.05) is 10.5 Å². The molecule has 3 nitrogen and oxygen atoms in total. The van der Waals surface area contributed by atoms with Gasteiger partial charge in [-0.1, -0.05) is 48.3 Å². The molecule has 2 bridgehead atoms. The third-order valence-electron chi connectivity index (χ3n) is 6.38. The van der Waals surface area contributed by atoms with Crippen molar-refractivity contribution in [3.8, 4) is 5.75 Å². The summed E-state index contributed by atoms with van der Waals surface area (Å²) in [5, 5.41) is 3.69. The number of amides is 1. The summed E-state index contributed by atoms with van der Waals surface area (Å²) in [6.45, 7) is 7.00. The van der Waals surface area contributed by atoms with Crippen molar-refractivity contribution in [2.45, 2.75) is 46.1 Å². The minimum atomic E-state index is -0.0708. The maximum Gasteiger partial charge on any atom is 0.258 e.